The summed E-state index contributed by atoms with van der Waals surface area (Å²) in [6.45, 7) is 1.72. The summed E-state index contributed by atoms with van der Waals surface area (Å²) in [6, 6.07) is 15.9. The standard InChI is InChI=1S/C18H15FO2/c1-12-17(13-7-9-15(19)10-8-13)16(11-20)18(21-12)14-5-3-2-4-6-14/h2-10,20H,11H2,1H3. The Morgan fingerprint density at radius 3 is 2.24 bits per heavy atom. The Morgan fingerprint density at radius 2 is 1.62 bits per heavy atom. The molecule has 3 aromatic rings. The molecule has 2 nitrogen and oxygen atoms in total. The summed E-state index contributed by atoms with van der Waals surface area (Å²) in [5.74, 6) is 1.09. The number of hydrogen-bond donors (Lipinski definition) is 1. The van der Waals surface area contributed by atoms with Crippen molar-refractivity contribution in [3.8, 4) is 22.5 Å². The molecule has 0 saturated heterocycles. The van der Waals surface area contributed by atoms with Crippen LogP contribution in [0.1, 0.15) is 11.3 Å². The molecule has 0 unspecified atom stereocenters. The van der Waals surface area contributed by atoms with Gasteiger partial charge in [-0.15, -0.1) is 0 Å². The highest BCUT2D eigenvalue weighted by molar-refractivity contribution is 5.77. The zero-order valence-corrected chi connectivity index (χ0v) is 11.6. The van der Waals surface area contributed by atoms with E-state index in [1.165, 1.54) is 12.1 Å². The van der Waals surface area contributed by atoms with E-state index in [-0.39, 0.29) is 12.4 Å². The van der Waals surface area contributed by atoms with E-state index in [1.54, 1.807) is 12.1 Å². The first-order chi connectivity index (χ1) is 10.2. The van der Waals surface area contributed by atoms with Crippen molar-refractivity contribution in [2.75, 3.05) is 0 Å². The fourth-order valence-corrected chi connectivity index (χ4v) is 2.56. The van der Waals surface area contributed by atoms with E-state index in [2.05, 4.69) is 0 Å². The fraction of sp³-hybridized carbons (Fsp3) is 0.111. The Hall–Kier alpha value is -2.39. The van der Waals surface area contributed by atoms with E-state index in [0.29, 0.717) is 11.5 Å². The monoisotopic (exact) mass is 282 g/mol. The van der Waals surface area contributed by atoms with Gasteiger partial charge >= 0.3 is 0 Å². The van der Waals surface area contributed by atoms with E-state index in [0.717, 1.165) is 22.3 Å². The number of halogens is 1. The van der Waals surface area contributed by atoms with Crippen LogP contribution in [0.15, 0.2) is 59.0 Å². The first-order valence-electron chi connectivity index (χ1n) is 6.75. The molecule has 3 rings (SSSR count). The minimum absolute atomic E-state index is 0.131. The first kappa shape index (κ1) is 13.6. The zero-order chi connectivity index (χ0) is 14.8. The van der Waals surface area contributed by atoms with Crippen LogP contribution < -0.4 is 0 Å². The number of aryl methyl sites for hydroxylation is 1. The Labute approximate surface area is 122 Å². The van der Waals surface area contributed by atoms with Gasteiger partial charge in [0.25, 0.3) is 0 Å². The van der Waals surface area contributed by atoms with Gasteiger partial charge in [0, 0.05) is 16.7 Å². The third-order valence-electron chi connectivity index (χ3n) is 3.51. The highest BCUT2D eigenvalue weighted by Gasteiger charge is 2.19. The lowest BCUT2D eigenvalue weighted by molar-refractivity contribution is 0.282. The smallest absolute Gasteiger partial charge is 0.140 e. The number of rotatable bonds is 3. The summed E-state index contributed by atoms with van der Waals surface area (Å²) < 4.78 is 18.9. The van der Waals surface area contributed by atoms with E-state index in [1.807, 2.05) is 37.3 Å². The van der Waals surface area contributed by atoms with Crippen LogP contribution in [0.4, 0.5) is 4.39 Å². The van der Waals surface area contributed by atoms with Crippen LogP contribution in [0.5, 0.6) is 0 Å². The number of aliphatic hydroxyl groups is 1. The molecule has 0 saturated carbocycles. The van der Waals surface area contributed by atoms with Gasteiger partial charge < -0.3 is 9.52 Å². The van der Waals surface area contributed by atoms with Crippen molar-refractivity contribution in [3.63, 3.8) is 0 Å². The molecule has 0 aliphatic rings. The Bertz CT molecular complexity index is 743. The molecule has 0 aliphatic carbocycles. The molecule has 21 heavy (non-hydrogen) atoms. The van der Waals surface area contributed by atoms with Crippen LogP contribution in [0.2, 0.25) is 0 Å². The van der Waals surface area contributed by atoms with Crippen LogP contribution in [0.3, 0.4) is 0 Å². The Balaban J connectivity index is 2.18. The summed E-state index contributed by atoms with van der Waals surface area (Å²) in [7, 11) is 0. The lowest BCUT2D eigenvalue weighted by atomic mass is 9.98. The van der Waals surface area contributed by atoms with Gasteiger partial charge in [0.05, 0.1) is 6.61 Å². The average molecular weight is 282 g/mol. The van der Waals surface area contributed by atoms with Crippen molar-refractivity contribution >= 4 is 0 Å². The van der Waals surface area contributed by atoms with Crippen LogP contribution in [-0.2, 0) is 6.61 Å². The zero-order valence-electron chi connectivity index (χ0n) is 11.6. The number of benzene rings is 2. The van der Waals surface area contributed by atoms with Crippen LogP contribution in [0.25, 0.3) is 22.5 Å². The topological polar surface area (TPSA) is 33.4 Å². The van der Waals surface area contributed by atoms with Gasteiger partial charge in [0.15, 0.2) is 0 Å². The van der Waals surface area contributed by atoms with Gasteiger partial charge in [-0.05, 0) is 24.6 Å². The van der Waals surface area contributed by atoms with Crippen LogP contribution >= 0.6 is 0 Å². The third kappa shape index (κ3) is 2.48. The maximum atomic E-state index is 13.1. The van der Waals surface area contributed by atoms with E-state index in [9.17, 15) is 9.50 Å². The van der Waals surface area contributed by atoms with E-state index < -0.39 is 0 Å². The number of aliphatic hydroxyl groups excluding tert-OH is 1. The van der Waals surface area contributed by atoms with Crippen molar-refractivity contribution in [2.45, 2.75) is 13.5 Å². The highest BCUT2D eigenvalue weighted by Crippen LogP contribution is 2.37. The van der Waals surface area contributed by atoms with Gasteiger partial charge in [0.1, 0.15) is 17.3 Å². The molecule has 0 spiro atoms. The summed E-state index contributed by atoms with van der Waals surface area (Å²) in [6.07, 6.45) is 0. The molecule has 0 aliphatic heterocycles. The second kappa shape index (κ2) is 5.54. The Kier molecular flexibility index (Phi) is 3.59. The van der Waals surface area contributed by atoms with Gasteiger partial charge in [-0.2, -0.15) is 0 Å². The molecule has 106 valence electrons. The summed E-state index contributed by atoms with van der Waals surface area (Å²) >= 11 is 0. The molecule has 0 atom stereocenters. The van der Waals surface area contributed by atoms with Crippen molar-refractivity contribution in [2.24, 2.45) is 0 Å². The predicted octanol–water partition coefficient (Wildman–Crippen LogP) is 4.55. The summed E-state index contributed by atoms with van der Waals surface area (Å²) in [5.41, 5.74) is 3.31. The molecule has 0 bridgehead atoms. The quantitative estimate of drug-likeness (QED) is 0.764. The number of furan rings is 1. The summed E-state index contributed by atoms with van der Waals surface area (Å²) in [5, 5.41) is 9.76. The highest BCUT2D eigenvalue weighted by atomic mass is 19.1. The summed E-state index contributed by atoms with van der Waals surface area (Å²) in [4.78, 5) is 0. The second-order valence-electron chi connectivity index (χ2n) is 4.87. The lowest BCUT2D eigenvalue weighted by Gasteiger charge is -2.04. The molecular formula is C18H15FO2. The van der Waals surface area contributed by atoms with Crippen LogP contribution in [0, 0.1) is 12.7 Å². The van der Waals surface area contributed by atoms with Gasteiger partial charge in [-0.3, -0.25) is 0 Å². The van der Waals surface area contributed by atoms with Gasteiger partial charge in [0.2, 0.25) is 0 Å². The maximum Gasteiger partial charge on any atom is 0.140 e. The second-order valence-corrected chi connectivity index (χ2v) is 4.87. The maximum absolute atomic E-state index is 13.1. The van der Waals surface area contributed by atoms with E-state index in [4.69, 9.17) is 4.42 Å². The van der Waals surface area contributed by atoms with Crippen molar-refractivity contribution in [1.82, 2.24) is 0 Å². The van der Waals surface area contributed by atoms with Crippen LogP contribution in [-0.4, -0.2) is 5.11 Å². The van der Waals surface area contributed by atoms with Crippen molar-refractivity contribution in [3.05, 3.63) is 71.7 Å². The number of hydrogen-bond acceptors (Lipinski definition) is 2. The minimum Gasteiger partial charge on any atom is -0.460 e. The third-order valence-corrected chi connectivity index (χ3v) is 3.51. The lowest BCUT2D eigenvalue weighted by Crippen LogP contribution is -1.89. The SMILES string of the molecule is Cc1oc(-c2ccccc2)c(CO)c1-c1ccc(F)cc1. The fourth-order valence-electron chi connectivity index (χ4n) is 2.56. The van der Waals surface area contributed by atoms with Gasteiger partial charge in [-0.25, -0.2) is 4.39 Å². The van der Waals surface area contributed by atoms with Crippen molar-refractivity contribution in [1.29, 1.82) is 0 Å². The molecule has 2 aromatic carbocycles. The van der Waals surface area contributed by atoms with Gasteiger partial charge in [-0.1, -0.05) is 42.5 Å². The molecule has 1 heterocycles. The first-order valence-corrected chi connectivity index (χ1v) is 6.75. The molecule has 0 radical (unpaired) electrons. The molecule has 1 N–H and O–H groups in total. The normalized spacial score (nSPS) is 10.8. The van der Waals surface area contributed by atoms with Crippen molar-refractivity contribution < 1.29 is 13.9 Å². The molecular weight excluding hydrogens is 267 g/mol. The molecule has 1 aromatic heterocycles. The largest absolute Gasteiger partial charge is 0.460 e. The Morgan fingerprint density at radius 1 is 0.952 bits per heavy atom. The molecule has 3 heteroatoms. The minimum atomic E-state index is -0.284. The average Bonchev–Trinajstić information content (AvgIpc) is 2.85. The predicted molar refractivity (Wildman–Crippen MR) is 80.2 cm³/mol. The molecule has 0 amide bonds. The molecule has 0 fully saturated rings. The van der Waals surface area contributed by atoms with E-state index >= 15 is 0 Å².